The van der Waals surface area contributed by atoms with E-state index in [1.807, 2.05) is 6.07 Å². The van der Waals surface area contributed by atoms with Crippen molar-refractivity contribution >= 4 is 34.4 Å². The van der Waals surface area contributed by atoms with Crippen molar-refractivity contribution in [2.45, 2.75) is 63.8 Å². The predicted molar refractivity (Wildman–Crippen MR) is 141 cm³/mol. The van der Waals surface area contributed by atoms with Crippen LogP contribution >= 0.6 is 23.2 Å². The molecule has 5 nitrogen and oxygen atoms in total. The molecule has 0 radical (unpaired) electrons. The average molecular weight is 506 g/mol. The molecular formula is C28H29Cl2N5. The van der Waals surface area contributed by atoms with Crippen LogP contribution in [0.2, 0.25) is 10.3 Å². The minimum atomic E-state index is -0.111. The van der Waals surface area contributed by atoms with Crippen LogP contribution in [0.5, 0.6) is 0 Å². The number of imidazole rings is 1. The van der Waals surface area contributed by atoms with Crippen LogP contribution in [-0.4, -0.2) is 24.5 Å². The van der Waals surface area contributed by atoms with Gasteiger partial charge in [0, 0.05) is 24.5 Å². The van der Waals surface area contributed by atoms with E-state index in [-0.39, 0.29) is 10.7 Å². The molecule has 4 aromatic rings. The van der Waals surface area contributed by atoms with E-state index >= 15 is 0 Å². The second-order valence-corrected chi connectivity index (χ2v) is 11.2. The first-order chi connectivity index (χ1) is 17.0. The number of hydrogen-bond donors (Lipinski definition) is 0. The molecule has 2 fully saturated rings. The normalized spacial score (nSPS) is 21.7. The van der Waals surface area contributed by atoms with E-state index in [9.17, 15) is 0 Å². The van der Waals surface area contributed by atoms with E-state index < -0.39 is 0 Å². The monoisotopic (exact) mass is 505 g/mol. The summed E-state index contributed by atoms with van der Waals surface area (Å²) in [6.07, 6.45) is 11.8. The molecule has 3 heterocycles. The third-order valence-corrected chi connectivity index (χ3v) is 8.47. The third-order valence-electron chi connectivity index (χ3n) is 8.09. The zero-order chi connectivity index (χ0) is 24.0. The topological polar surface area (TPSA) is 56.5 Å². The van der Waals surface area contributed by atoms with E-state index in [1.54, 1.807) is 12.4 Å². The van der Waals surface area contributed by atoms with Crippen molar-refractivity contribution in [3.8, 4) is 11.3 Å². The van der Waals surface area contributed by atoms with Crippen LogP contribution in [0.1, 0.15) is 63.3 Å². The summed E-state index contributed by atoms with van der Waals surface area (Å²) in [5.41, 5.74) is 4.39. The summed E-state index contributed by atoms with van der Waals surface area (Å²) in [5.74, 6) is 2.51. The van der Waals surface area contributed by atoms with Crippen LogP contribution < -0.4 is 0 Å². The van der Waals surface area contributed by atoms with Gasteiger partial charge in [0.25, 0.3) is 0 Å². The van der Waals surface area contributed by atoms with Crippen LogP contribution in [0, 0.1) is 11.8 Å². The van der Waals surface area contributed by atoms with Crippen molar-refractivity contribution in [2.24, 2.45) is 11.8 Å². The summed E-state index contributed by atoms with van der Waals surface area (Å²) >= 11 is 12.8. The zero-order valence-electron chi connectivity index (χ0n) is 19.9. The Morgan fingerprint density at radius 2 is 1.74 bits per heavy atom. The molecule has 2 aliphatic carbocycles. The lowest BCUT2D eigenvalue weighted by atomic mass is 9.63. The molecule has 0 spiro atoms. The quantitative estimate of drug-likeness (QED) is 0.263. The molecule has 0 atom stereocenters. The van der Waals surface area contributed by atoms with Gasteiger partial charge in [-0.1, -0.05) is 68.1 Å². The van der Waals surface area contributed by atoms with E-state index in [0.29, 0.717) is 16.6 Å². The van der Waals surface area contributed by atoms with E-state index in [4.69, 9.17) is 28.2 Å². The lowest BCUT2D eigenvalue weighted by molar-refractivity contribution is 0.242. The first-order valence-corrected chi connectivity index (χ1v) is 13.4. The zero-order valence-corrected chi connectivity index (χ0v) is 21.4. The smallest absolute Gasteiger partial charge is 0.225 e. The van der Waals surface area contributed by atoms with Gasteiger partial charge >= 0.3 is 0 Å². The molecule has 0 aliphatic heterocycles. The van der Waals surface area contributed by atoms with Gasteiger partial charge in [-0.2, -0.15) is 4.98 Å². The van der Waals surface area contributed by atoms with Crippen LogP contribution in [0.3, 0.4) is 0 Å². The SMILES string of the molecule is C[C@H]1CC[C@H](Cn2c(C3(c4ccccc4)CCC3)nc3nc(Cl)nc(-c4cncc(Cl)c4)c32)CC1. The Morgan fingerprint density at radius 3 is 2.43 bits per heavy atom. The molecule has 6 rings (SSSR count). The summed E-state index contributed by atoms with van der Waals surface area (Å²) in [7, 11) is 0. The molecule has 2 aliphatic rings. The maximum Gasteiger partial charge on any atom is 0.225 e. The van der Waals surface area contributed by atoms with Crippen LogP contribution in [0.4, 0.5) is 0 Å². The van der Waals surface area contributed by atoms with Crippen molar-refractivity contribution in [3.05, 3.63) is 70.5 Å². The van der Waals surface area contributed by atoms with Gasteiger partial charge in [-0.05, 0) is 60.7 Å². The summed E-state index contributed by atoms with van der Waals surface area (Å²) < 4.78 is 2.43. The second-order valence-electron chi connectivity index (χ2n) is 10.4. The van der Waals surface area contributed by atoms with Gasteiger partial charge < -0.3 is 4.57 Å². The number of halogens is 2. The molecule has 0 N–H and O–H groups in total. The van der Waals surface area contributed by atoms with Crippen LogP contribution in [-0.2, 0) is 12.0 Å². The fourth-order valence-corrected chi connectivity index (χ4v) is 6.33. The molecule has 0 bridgehead atoms. The van der Waals surface area contributed by atoms with Crippen LogP contribution in [0.25, 0.3) is 22.4 Å². The molecule has 1 aromatic carbocycles. The number of hydrogen-bond acceptors (Lipinski definition) is 4. The average Bonchev–Trinajstić information content (AvgIpc) is 3.18. The molecule has 180 valence electrons. The Hall–Kier alpha value is -2.50. The number of fused-ring (bicyclic) bond motifs is 1. The summed E-state index contributed by atoms with van der Waals surface area (Å²) in [6.45, 7) is 3.28. The second kappa shape index (κ2) is 9.18. The van der Waals surface area contributed by atoms with E-state index in [2.05, 4.69) is 56.8 Å². The molecule has 3 aromatic heterocycles. The molecule has 0 saturated heterocycles. The first kappa shape index (κ1) is 22.9. The van der Waals surface area contributed by atoms with Gasteiger partial charge in [0.1, 0.15) is 17.0 Å². The lowest BCUT2D eigenvalue weighted by Gasteiger charge is -2.42. The fourth-order valence-electron chi connectivity index (χ4n) is 5.99. The molecule has 0 unspecified atom stereocenters. The van der Waals surface area contributed by atoms with Gasteiger partial charge in [0.15, 0.2) is 5.65 Å². The highest BCUT2D eigenvalue weighted by Gasteiger charge is 2.45. The Bertz CT molecular complexity index is 1350. The van der Waals surface area contributed by atoms with Gasteiger partial charge in [-0.15, -0.1) is 0 Å². The molecule has 2 saturated carbocycles. The maximum absolute atomic E-state index is 6.44. The maximum atomic E-state index is 6.44. The van der Waals surface area contributed by atoms with Crippen molar-refractivity contribution in [1.82, 2.24) is 24.5 Å². The Morgan fingerprint density at radius 1 is 0.971 bits per heavy atom. The van der Waals surface area contributed by atoms with Gasteiger partial charge in [-0.3, -0.25) is 4.98 Å². The van der Waals surface area contributed by atoms with Crippen molar-refractivity contribution in [1.29, 1.82) is 0 Å². The summed E-state index contributed by atoms with van der Waals surface area (Å²) in [4.78, 5) is 18.8. The number of benzene rings is 1. The minimum Gasteiger partial charge on any atom is -0.324 e. The Balaban J connectivity index is 1.58. The highest BCUT2D eigenvalue weighted by molar-refractivity contribution is 6.30. The third kappa shape index (κ3) is 4.13. The number of aromatic nitrogens is 5. The first-order valence-electron chi connectivity index (χ1n) is 12.6. The lowest BCUT2D eigenvalue weighted by Crippen LogP contribution is -2.39. The van der Waals surface area contributed by atoms with E-state index in [1.165, 1.54) is 37.7 Å². The number of nitrogens with zero attached hydrogens (tertiary/aromatic N) is 5. The summed E-state index contributed by atoms with van der Waals surface area (Å²) in [5, 5.41) is 0.759. The summed E-state index contributed by atoms with van der Waals surface area (Å²) in [6, 6.07) is 12.7. The van der Waals surface area contributed by atoms with Gasteiger partial charge in [-0.25, -0.2) is 9.97 Å². The molecular weight excluding hydrogens is 477 g/mol. The minimum absolute atomic E-state index is 0.111. The van der Waals surface area contributed by atoms with Gasteiger partial charge in [0.2, 0.25) is 5.28 Å². The number of pyridine rings is 1. The van der Waals surface area contributed by atoms with Gasteiger partial charge in [0.05, 0.1) is 10.4 Å². The van der Waals surface area contributed by atoms with Crippen molar-refractivity contribution in [2.75, 3.05) is 0 Å². The highest BCUT2D eigenvalue weighted by Crippen LogP contribution is 2.50. The Kier molecular flexibility index (Phi) is 6.01. The molecule has 35 heavy (non-hydrogen) atoms. The fraction of sp³-hybridized carbons (Fsp3) is 0.429. The molecule has 0 amide bonds. The Labute approximate surface area is 215 Å². The number of rotatable bonds is 5. The predicted octanol–water partition coefficient (Wildman–Crippen LogP) is 7.49. The van der Waals surface area contributed by atoms with Crippen molar-refractivity contribution < 1.29 is 0 Å². The highest BCUT2D eigenvalue weighted by atomic mass is 35.5. The van der Waals surface area contributed by atoms with Crippen molar-refractivity contribution in [3.63, 3.8) is 0 Å². The van der Waals surface area contributed by atoms with E-state index in [0.717, 1.165) is 47.9 Å². The molecule has 7 heteroatoms. The van der Waals surface area contributed by atoms with Crippen LogP contribution in [0.15, 0.2) is 48.8 Å². The largest absolute Gasteiger partial charge is 0.324 e. The standard InChI is InChI=1S/C28H29Cl2N5/c1-18-8-10-19(11-9-18)17-35-24-23(20-14-22(29)16-31-15-20)32-27(30)34-25(24)33-26(35)28(12-5-13-28)21-6-3-2-4-7-21/h2-4,6-7,14-16,18-19H,5,8-13,17H2,1H3/t18-,19-.